The molecular formula is C18H24FNO. The van der Waals surface area contributed by atoms with Crippen LogP contribution in [0.2, 0.25) is 0 Å². The zero-order valence-corrected chi connectivity index (χ0v) is 12.9. The Morgan fingerprint density at radius 1 is 1.33 bits per heavy atom. The van der Waals surface area contributed by atoms with E-state index in [1.807, 2.05) is 6.07 Å². The first-order valence-corrected chi connectivity index (χ1v) is 8.09. The van der Waals surface area contributed by atoms with Gasteiger partial charge in [0.1, 0.15) is 17.2 Å². The van der Waals surface area contributed by atoms with Gasteiger partial charge in [0.25, 0.3) is 0 Å². The first-order chi connectivity index (χ1) is 10.2. The minimum absolute atomic E-state index is 0.206. The Hall–Kier alpha value is -1.35. The Balaban J connectivity index is 1.89. The van der Waals surface area contributed by atoms with Gasteiger partial charge < -0.3 is 9.73 Å². The van der Waals surface area contributed by atoms with Crippen molar-refractivity contribution in [1.82, 2.24) is 5.32 Å². The van der Waals surface area contributed by atoms with Gasteiger partial charge in [0.05, 0.1) is 6.04 Å². The van der Waals surface area contributed by atoms with Gasteiger partial charge in [-0.25, -0.2) is 4.39 Å². The number of hydrogen-bond donors (Lipinski definition) is 1. The van der Waals surface area contributed by atoms with Crippen molar-refractivity contribution in [1.29, 1.82) is 0 Å². The lowest BCUT2D eigenvalue weighted by Gasteiger charge is -2.23. The van der Waals surface area contributed by atoms with Crippen LogP contribution in [0.5, 0.6) is 0 Å². The molecule has 0 amide bonds. The second-order valence-electron chi connectivity index (χ2n) is 6.44. The van der Waals surface area contributed by atoms with E-state index in [9.17, 15) is 4.39 Å². The minimum Gasteiger partial charge on any atom is -0.459 e. The highest BCUT2D eigenvalue weighted by molar-refractivity contribution is 5.78. The number of benzene rings is 1. The molecule has 1 fully saturated rings. The molecule has 1 heterocycles. The van der Waals surface area contributed by atoms with Crippen molar-refractivity contribution in [3.8, 4) is 0 Å². The zero-order chi connectivity index (χ0) is 14.8. The fourth-order valence-electron chi connectivity index (χ4n) is 3.54. The summed E-state index contributed by atoms with van der Waals surface area (Å²) in [5.74, 6) is 2.17. The van der Waals surface area contributed by atoms with E-state index in [0.717, 1.165) is 35.6 Å². The smallest absolute Gasteiger partial charge is 0.134 e. The maximum atomic E-state index is 13.3. The van der Waals surface area contributed by atoms with Gasteiger partial charge in [0.15, 0.2) is 0 Å². The van der Waals surface area contributed by atoms with Gasteiger partial charge >= 0.3 is 0 Å². The van der Waals surface area contributed by atoms with Crippen molar-refractivity contribution in [2.45, 2.75) is 45.6 Å². The Morgan fingerprint density at radius 3 is 2.90 bits per heavy atom. The summed E-state index contributed by atoms with van der Waals surface area (Å²) in [6.45, 7) is 5.49. The van der Waals surface area contributed by atoms with E-state index in [-0.39, 0.29) is 11.9 Å². The molecule has 1 N–H and O–H groups in total. The molecule has 0 bridgehead atoms. The van der Waals surface area contributed by atoms with E-state index < -0.39 is 0 Å². The molecule has 1 aromatic carbocycles. The molecule has 114 valence electrons. The summed E-state index contributed by atoms with van der Waals surface area (Å²) in [6, 6.07) is 7.00. The lowest BCUT2D eigenvalue weighted by atomic mass is 9.94. The van der Waals surface area contributed by atoms with E-state index in [1.54, 1.807) is 12.1 Å². The van der Waals surface area contributed by atoms with Gasteiger partial charge in [-0.05, 0) is 61.9 Å². The van der Waals surface area contributed by atoms with E-state index in [0.29, 0.717) is 5.92 Å². The highest BCUT2D eigenvalue weighted by Crippen LogP contribution is 2.40. The first-order valence-electron chi connectivity index (χ1n) is 8.09. The standard InChI is InChI=1S/C18H24FNO/c1-3-8-20-18(13-5-4-12(2)9-13)17-11-14-10-15(19)6-7-16(14)21-17/h6-7,10-13,18,20H,3-5,8-9H2,1-2H3. The van der Waals surface area contributed by atoms with Crippen molar-refractivity contribution in [2.24, 2.45) is 11.8 Å². The summed E-state index contributed by atoms with van der Waals surface area (Å²) in [4.78, 5) is 0. The lowest BCUT2D eigenvalue weighted by Crippen LogP contribution is -2.27. The fourth-order valence-corrected chi connectivity index (χ4v) is 3.54. The molecule has 0 spiro atoms. The Bertz CT molecular complexity index is 606. The van der Waals surface area contributed by atoms with Crippen molar-refractivity contribution in [2.75, 3.05) is 6.54 Å². The van der Waals surface area contributed by atoms with Gasteiger partial charge in [-0.15, -0.1) is 0 Å². The van der Waals surface area contributed by atoms with Crippen LogP contribution in [0.15, 0.2) is 28.7 Å². The van der Waals surface area contributed by atoms with Crippen molar-refractivity contribution < 1.29 is 8.81 Å². The number of nitrogens with one attached hydrogen (secondary N) is 1. The monoisotopic (exact) mass is 289 g/mol. The lowest BCUT2D eigenvalue weighted by molar-refractivity contribution is 0.314. The van der Waals surface area contributed by atoms with Crippen LogP contribution in [-0.4, -0.2) is 6.54 Å². The summed E-state index contributed by atoms with van der Waals surface area (Å²) < 4.78 is 19.3. The summed E-state index contributed by atoms with van der Waals surface area (Å²) >= 11 is 0. The van der Waals surface area contributed by atoms with Crippen LogP contribution in [0.1, 0.15) is 51.3 Å². The third-order valence-electron chi connectivity index (χ3n) is 4.62. The molecular weight excluding hydrogens is 265 g/mol. The summed E-state index contributed by atoms with van der Waals surface area (Å²) in [6.07, 6.45) is 4.89. The Labute approximate surface area is 125 Å². The predicted molar refractivity (Wildman–Crippen MR) is 83.7 cm³/mol. The molecule has 2 aromatic rings. The molecule has 3 atom stereocenters. The van der Waals surface area contributed by atoms with Crippen molar-refractivity contribution in [3.63, 3.8) is 0 Å². The fraction of sp³-hybridized carbons (Fsp3) is 0.556. The molecule has 2 nitrogen and oxygen atoms in total. The molecule has 3 unspecified atom stereocenters. The van der Waals surface area contributed by atoms with Gasteiger partial charge in [0, 0.05) is 5.39 Å². The largest absolute Gasteiger partial charge is 0.459 e. The molecule has 1 aromatic heterocycles. The van der Waals surface area contributed by atoms with E-state index in [2.05, 4.69) is 19.2 Å². The average Bonchev–Trinajstić information content (AvgIpc) is 3.05. The van der Waals surface area contributed by atoms with Crippen molar-refractivity contribution >= 4 is 11.0 Å². The van der Waals surface area contributed by atoms with Crippen LogP contribution >= 0.6 is 0 Å². The maximum absolute atomic E-state index is 13.3. The molecule has 3 heteroatoms. The van der Waals surface area contributed by atoms with Crippen LogP contribution in [0, 0.1) is 17.7 Å². The topological polar surface area (TPSA) is 25.2 Å². The number of rotatable bonds is 5. The molecule has 1 aliphatic carbocycles. The number of furan rings is 1. The molecule has 21 heavy (non-hydrogen) atoms. The van der Waals surface area contributed by atoms with E-state index in [1.165, 1.54) is 25.3 Å². The van der Waals surface area contributed by atoms with Gasteiger partial charge in [0.2, 0.25) is 0 Å². The molecule has 0 saturated heterocycles. The van der Waals surface area contributed by atoms with Gasteiger partial charge in [-0.1, -0.05) is 20.3 Å². The molecule has 0 aliphatic heterocycles. The van der Waals surface area contributed by atoms with Crippen molar-refractivity contribution in [3.05, 3.63) is 35.8 Å². The van der Waals surface area contributed by atoms with Crippen LogP contribution in [0.3, 0.4) is 0 Å². The third kappa shape index (κ3) is 3.13. The van der Waals surface area contributed by atoms with Crippen LogP contribution < -0.4 is 5.32 Å². The quantitative estimate of drug-likeness (QED) is 0.833. The number of fused-ring (bicyclic) bond motifs is 1. The average molecular weight is 289 g/mol. The Morgan fingerprint density at radius 2 is 2.19 bits per heavy atom. The zero-order valence-electron chi connectivity index (χ0n) is 12.9. The SMILES string of the molecule is CCCNC(c1cc2cc(F)ccc2o1)C1CCC(C)C1. The first kappa shape index (κ1) is 14.6. The molecule has 1 saturated carbocycles. The van der Waals surface area contributed by atoms with E-state index >= 15 is 0 Å². The summed E-state index contributed by atoms with van der Waals surface area (Å²) in [5, 5.41) is 4.50. The van der Waals surface area contributed by atoms with Gasteiger partial charge in [-0.2, -0.15) is 0 Å². The third-order valence-corrected chi connectivity index (χ3v) is 4.62. The molecule has 1 aliphatic rings. The summed E-state index contributed by atoms with van der Waals surface area (Å²) in [7, 11) is 0. The molecule has 3 rings (SSSR count). The minimum atomic E-state index is -0.206. The Kier molecular flexibility index (Phi) is 4.29. The number of hydrogen-bond acceptors (Lipinski definition) is 2. The predicted octanol–water partition coefficient (Wildman–Crippen LogP) is 5.05. The highest BCUT2D eigenvalue weighted by Gasteiger charge is 2.31. The van der Waals surface area contributed by atoms with Gasteiger partial charge in [-0.3, -0.25) is 0 Å². The number of halogens is 1. The van der Waals surface area contributed by atoms with E-state index in [4.69, 9.17) is 4.42 Å². The normalized spacial score (nSPS) is 23.8. The second kappa shape index (κ2) is 6.18. The highest BCUT2D eigenvalue weighted by atomic mass is 19.1. The van der Waals surface area contributed by atoms with Crippen LogP contribution in [0.25, 0.3) is 11.0 Å². The summed E-state index contributed by atoms with van der Waals surface area (Å²) in [5.41, 5.74) is 0.778. The van der Waals surface area contributed by atoms with Crippen LogP contribution in [0.4, 0.5) is 4.39 Å². The molecule has 0 radical (unpaired) electrons. The van der Waals surface area contributed by atoms with Crippen LogP contribution in [-0.2, 0) is 0 Å². The second-order valence-corrected chi connectivity index (χ2v) is 6.44. The maximum Gasteiger partial charge on any atom is 0.134 e.